The molecule has 0 aliphatic carbocycles. The van der Waals surface area contributed by atoms with E-state index in [-0.39, 0.29) is 12.1 Å². The van der Waals surface area contributed by atoms with Crippen molar-refractivity contribution in [3.05, 3.63) is 40.0 Å². The Labute approximate surface area is 98.8 Å². The second-order valence-electron chi connectivity index (χ2n) is 2.88. The molecule has 0 spiro atoms. The van der Waals surface area contributed by atoms with E-state index in [1.54, 1.807) is 0 Å². The minimum absolute atomic E-state index is 0.208. The van der Waals surface area contributed by atoms with Gasteiger partial charge in [-0.25, -0.2) is 4.39 Å². The highest BCUT2D eigenvalue weighted by molar-refractivity contribution is 5.41. The summed E-state index contributed by atoms with van der Waals surface area (Å²) in [7, 11) is 0. The van der Waals surface area contributed by atoms with E-state index in [0.717, 1.165) is 18.2 Å². The summed E-state index contributed by atoms with van der Waals surface area (Å²) >= 11 is 0. The van der Waals surface area contributed by atoms with Crippen molar-refractivity contribution in [2.75, 3.05) is 6.54 Å². The molecule has 1 aromatic carbocycles. The van der Waals surface area contributed by atoms with Crippen LogP contribution in [0.5, 0.6) is 5.75 Å². The van der Waals surface area contributed by atoms with Crippen molar-refractivity contribution in [1.82, 2.24) is 0 Å². The molecule has 0 N–H and O–H groups in total. The van der Waals surface area contributed by atoms with E-state index in [9.17, 15) is 17.6 Å². The van der Waals surface area contributed by atoms with Crippen molar-refractivity contribution in [2.45, 2.75) is 6.36 Å². The number of azide groups is 1. The lowest BCUT2D eigenvalue weighted by Gasteiger charge is -2.08. The molecule has 0 saturated carbocycles. The number of halogens is 4. The van der Waals surface area contributed by atoms with Gasteiger partial charge in [0.05, 0.1) is 12.1 Å². The second-order valence-corrected chi connectivity index (χ2v) is 2.88. The summed E-state index contributed by atoms with van der Waals surface area (Å²) in [6, 6.07) is 2.45. The molecule has 94 valence electrons. The molecule has 0 unspecified atom stereocenters. The molecule has 0 aliphatic rings. The summed E-state index contributed by atoms with van der Waals surface area (Å²) in [4.78, 5) is 2.41. The van der Waals surface area contributed by atoms with Crippen LogP contribution >= 0.6 is 0 Å². The van der Waals surface area contributed by atoms with E-state index >= 15 is 0 Å². The van der Waals surface area contributed by atoms with Crippen LogP contribution in [-0.4, -0.2) is 12.9 Å². The third-order valence-electron chi connectivity index (χ3n) is 1.61. The molecular formula is C10H5F4N3O. The SMILES string of the molecule is [N-]=[N+]=NCC#Cc1cc(OC(F)(F)F)ccc1F. The highest BCUT2D eigenvalue weighted by atomic mass is 19.4. The number of hydrogen-bond acceptors (Lipinski definition) is 2. The first-order valence-corrected chi connectivity index (χ1v) is 4.47. The number of hydrogen-bond donors (Lipinski definition) is 0. The fourth-order valence-corrected chi connectivity index (χ4v) is 0.999. The predicted molar refractivity (Wildman–Crippen MR) is 54.0 cm³/mol. The quantitative estimate of drug-likeness (QED) is 0.264. The predicted octanol–water partition coefficient (Wildman–Crippen LogP) is 3.39. The van der Waals surface area contributed by atoms with E-state index in [4.69, 9.17) is 5.53 Å². The van der Waals surface area contributed by atoms with Crippen LogP contribution in [0.15, 0.2) is 23.3 Å². The molecule has 0 fully saturated rings. The average Bonchev–Trinajstić information content (AvgIpc) is 2.26. The lowest BCUT2D eigenvalue weighted by molar-refractivity contribution is -0.274. The van der Waals surface area contributed by atoms with Crippen LogP contribution in [0.3, 0.4) is 0 Å². The summed E-state index contributed by atoms with van der Waals surface area (Å²) in [5.74, 6) is 3.16. The Hall–Kier alpha value is -2.39. The number of rotatable bonds is 2. The normalized spacial score (nSPS) is 10.0. The van der Waals surface area contributed by atoms with Gasteiger partial charge in [0.25, 0.3) is 0 Å². The Morgan fingerprint density at radius 3 is 2.72 bits per heavy atom. The molecule has 1 rings (SSSR count). The van der Waals surface area contributed by atoms with E-state index in [1.165, 1.54) is 0 Å². The highest BCUT2D eigenvalue weighted by Crippen LogP contribution is 2.24. The fourth-order valence-electron chi connectivity index (χ4n) is 0.999. The minimum Gasteiger partial charge on any atom is -0.406 e. The second kappa shape index (κ2) is 5.80. The summed E-state index contributed by atoms with van der Waals surface area (Å²) in [5.41, 5.74) is 7.69. The number of nitrogens with zero attached hydrogens (tertiary/aromatic N) is 3. The molecule has 4 nitrogen and oxygen atoms in total. The van der Waals surface area contributed by atoms with Crippen LogP contribution in [-0.2, 0) is 0 Å². The van der Waals surface area contributed by atoms with Crippen LogP contribution in [0.25, 0.3) is 10.4 Å². The van der Waals surface area contributed by atoms with Gasteiger partial charge in [-0.1, -0.05) is 17.0 Å². The van der Waals surface area contributed by atoms with Crippen molar-refractivity contribution in [2.24, 2.45) is 5.11 Å². The van der Waals surface area contributed by atoms with Gasteiger partial charge < -0.3 is 4.74 Å². The molecule has 0 saturated heterocycles. The third kappa shape index (κ3) is 4.63. The minimum atomic E-state index is -4.85. The molecule has 0 aliphatic heterocycles. The van der Waals surface area contributed by atoms with Crippen molar-refractivity contribution >= 4 is 0 Å². The lowest BCUT2D eigenvalue weighted by atomic mass is 10.2. The Balaban J connectivity index is 2.93. The maximum Gasteiger partial charge on any atom is 0.573 e. The molecule has 0 bridgehead atoms. The highest BCUT2D eigenvalue weighted by Gasteiger charge is 2.31. The van der Waals surface area contributed by atoms with Gasteiger partial charge in [-0.2, -0.15) is 0 Å². The number of ether oxygens (including phenoxy) is 1. The fraction of sp³-hybridized carbons (Fsp3) is 0.200. The van der Waals surface area contributed by atoms with Gasteiger partial charge in [0.1, 0.15) is 11.6 Å². The van der Waals surface area contributed by atoms with E-state index in [1.807, 2.05) is 0 Å². The Bertz CT molecular complexity index is 538. The van der Waals surface area contributed by atoms with Gasteiger partial charge in [0.15, 0.2) is 0 Å². The molecular weight excluding hydrogens is 254 g/mol. The Morgan fingerprint density at radius 1 is 1.39 bits per heavy atom. The molecule has 8 heteroatoms. The Kier molecular flexibility index (Phi) is 4.40. The van der Waals surface area contributed by atoms with E-state index in [2.05, 4.69) is 26.6 Å². The average molecular weight is 259 g/mol. The van der Waals surface area contributed by atoms with Gasteiger partial charge in [0, 0.05) is 4.91 Å². The third-order valence-corrected chi connectivity index (χ3v) is 1.61. The van der Waals surface area contributed by atoms with Crippen molar-refractivity contribution in [3.63, 3.8) is 0 Å². The van der Waals surface area contributed by atoms with Crippen molar-refractivity contribution in [1.29, 1.82) is 0 Å². The number of benzene rings is 1. The lowest BCUT2D eigenvalue weighted by Crippen LogP contribution is -2.17. The maximum atomic E-state index is 13.2. The first-order valence-electron chi connectivity index (χ1n) is 4.47. The van der Waals surface area contributed by atoms with Crippen LogP contribution in [0.1, 0.15) is 5.56 Å². The molecule has 0 aromatic heterocycles. The van der Waals surface area contributed by atoms with Crippen LogP contribution in [0.4, 0.5) is 17.6 Å². The van der Waals surface area contributed by atoms with Gasteiger partial charge >= 0.3 is 6.36 Å². The maximum absolute atomic E-state index is 13.2. The summed E-state index contributed by atoms with van der Waals surface area (Å²) in [6.45, 7) is -0.208. The molecule has 18 heavy (non-hydrogen) atoms. The van der Waals surface area contributed by atoms with Gasteiger partial charge in [-0.3, -0.25) is 0 Å². The topological polar surface area (TPSA) is 58.0 Å². The van der Waals surface area contributed by atoms with Gasteiger partial charge in [-0.05, 0) is 23.7 Å². The van der Waals surface area contributed by atoms with Crippen molar-refractivity contribution < 1.29 is 22.3 Å². The first-order chi connectivity index (χ1) is 8.42. The van der Waals surface area contributed by atoms with Crippen LogP contribution in [0.2, 0.25) is 0 Å². The van der Waals surface area contributed by atoms with Crippen molar-refractivity contribution in [3.8, 4) is 17.6 Å². The number of alkyl halides is 3. The molecule has 0 heterocycles. The van der Waals surface area contributed by atoms with Gasteiger partial charge in [-0.15, -0.1) is 13.2 Å². The molecule has 1 aromatic rings. The summed E-state index contributed by atoms with van der Waals surface area (Å²) in [5, 5.41) is 3.07. The molecule has 0 amide bonds. The standard InChI is InChI=1S/C10H5F4N3O/c11-9-4-3-8(18-10(12,13)14)6-7(9)2-1-5-16-17-15/h3-4,6H,5H2. The van der Waals surface area contributed by atoms with Crippen LogP contribution in [0, 0.1) is 17.7 Å². The smallest absolute Gasteiger partial charge is 0.406 e. The van der Waals surface area contributed by atoms with E-state index in [0.29, 0.717) is 0 Å². The Morgan fingerprint density at radius 2 is 2.11 bits per heavy atom. The first kappa shape index (κ1) is 13.7. The molecule has 0 radical (unpaired) electrons. The zero-order valence-corrected chi connectivity index (χ0v) is 8.70. The largest absolute Gasteiger partial charge is 0.573 e. The van der Waals surface area contributed by atoms with E-state index < -0.39 is 17.9 Å². The monoisotopic (exact) mass is 259 g/mol. The van der Waals surface area contributed by atoms with Gasteiger partial charge in [0.2, 0.25) is 0 Å². The van der Waals surface area contributed by atoms with Crippen LogP contribution < -0.4 is 4.74 Å². The zero-order chi connectivity index (χ0) is 13.6. The zero-order valence-electron chi connectivity index (χ0n) is 8.70. The molecule has 0 atom stereocenters. The summed E-state index contributed by atoms with van der Waals surface area (Å²) in [6.07, 6.45) is -4.85. The summed E-state index contributed by atoms with van der Waals surface area (Å²) < 4.78 is 52.5.